The van der Waals surface area contributed by atoms with E-state index < -0.39 is 138 Å². The molecule has 2 aliphatic heterocycles. The summed E-state index contributed by atoms with van der Waals surface area (Å²) in [6, 6.07) is 22.1. The number of nitrogens with two attached hydrogens (primary N) is 2. The first-order valence-corrected chi connectivity index (χ1v) is 44.0. The van der Waals surface area contributed by atoms with Crippen LogP contribution in [0.2, 0.25) is 0 Å². The van der Waals surface area contributed by atoms with Crippen LogP contribution in [-0.2, 0) is 106 Å². The molecule has 0 spiro atoms. The van der Waals surface area contributed by atoms with Gasteiger partial charge in [0.1, 0.15) is 54.9 Å². The first-order chi connectivity index (χ1) is 64.4. The van der Waals surface area contributed by atoms with E-state index in [1.165, 1.54) is 24.5 Å². The number of aromatic nitrogens is 5. The van der Waals surface area contributed by atoms with Gasteiger partial charge >= 0.3 is 23.9 Å². The first kappa shape index (κ1) is 102. The van der Waals surface area contributed by atoms with Crippen LogP contribution in [0.4, 0.5) is 0 Å². The minimum absolute atomic E-state index is 0.0112. The predicted molar refractivity (Wildman–Crippen MR) is 488 cm³/mol. The summed E-state index contributed by atoms with van der Waals surface area (Å²) >= 11 is 0. The van der Waals surface area contributed by atoms with E-state index in [0.29, 0.717) is 67.4 Å². The van der Waals surface area contributed by atoms with E-state index in [2.05, 4.69) is 83.4 Å². The number of aliphatic hydroxyl groups is 1. The van der Waals surface area contributed by atoms with Gasteiger partial charge in [0.2, 0.25) is 53.2 Å². The second-order valence-electron chi connectivity index (χ2n) is 32.6. The molecule has 44 nitrogen and oxygen atoms in total. The van der Waals surface area contributed by atoms with E-state index in [4.69, 9.17) is 27.0 Å². The highest BCUT2D eigenvalue weighted by Gasteiger charge is 2.41. The summed E-state index contributed by atoms with van der Waals surface area (Å²) in [5, 5.41) is 86.7. The van der Waals surface area contributed by atoms with Crippen molar-refractivity contribution in [1.29, 1.82) is 10.8 Å². The quantitative estimate of drug-likeness (QED) is 0.00603. The third-order valence-corrected chi connectivity index (χ3v) is 22.7. The smallest absolute Gasteiger partial charge is 0.320 e. The van der Waals surface area contributed by atoms with Crippen molar-refractivity contribution >= 4 is 117 Å². The normalized spacial score (nSPS) is 15.7. The lowest BCUT2D eigenvalue weighted by Crippen LogP contribution is -2.61. The summed E-state index contributed by atoms with van der Waals surface area (Å²) in [5.74, 6) is -12.6. The molecule has 4 aromatic heterocycles. The van der Waals surface area contributed by atoms with Crippen molar-refractivity contribution < 1.29 is 92.3 Å². The van der Waals surface area contributed by atoms with Crippen LogP contribution in [0.1, 0.15) is 88.2 Å². The molecule has 10 rings (SSSR count). The summed E-state index contributed by atoms with van der Waals surface area (Å²) in [7, 11) is 1.53. The highest BCUT2D eigenvalue weighted by molar-refractivity contribution is 6.09. The fraction of sp³-hybridized carbons (Fsp3) is 0.422. The second-order valence-corrected chi connectivity index (χ2v) is 32.6. The number of benzene rings is 4. The van der Waals surface area contributed by atoms with Gasteiger partial charge in [0, 0.05) is 155 Å². The van der Waals surface area contributed by atoms with E-state index in [0.717, 1.165) is 0 Å². The number of fused-ring (bicyclic) bond motifs is 2. The van der Waals surface area contributed by atoms with Crippen molar-refractivity contribution in [3.63, 3.8) is 0 Å². The number of esters is 1. The number of carboxylic acids is 3. The SMILES string of the molecule is CNCC(=O)N[C@@H](CCCNC(=N)N)C(=O)N[C@@H](Cc1c[nH]c2ccccc12)C(=O)N[C@@H](CO)C(=O)N[C@@H](Cc1cnc[nH]1)C(=O)N[C@H](CCCNC(=N)N)C(=O)N[C@@H](Cc1c[nH]c2ccccc12)C(=O)N[C@@H](Cc1ccc(C(=O)c2ccccc2)cc1)C(=O)N1CCC[C@H]1C(=O)NCc1cccc(COC(=O)CN2CCN(CC(=O)O)CCN(CC(=O)O)CCN(CC(=O)O)CC2)n1. The minimum atomic E-state index is -1.83. The maximum Gasteiger partial charge on any atom is 0.320 e. The van der Waals surface area contributed by atoms with Crippen LogP contribution in [0.5, 0.6) is 0 Å². The fourth-order valence-electron chi connectivity index (χ4n) is 15.8. The van der Waals surface area contributed by atoms with Gasteiger partial charge in [0.05, 0.1) is 63.6 Å². The number of carbonyl (C=O) groups is 14. The Morgan fingerprint density at radius 2 is 0.948 bits per heavy atom. The monoisotopic (exact) mass is 1850 g/mol. The number of hydrogen-bond acceptors (Lipinski definition) is 25. The number of amides is 9. The number of aromatic amines is 3. The lowest BCUT2D eigenvalue weighted by molar-refractivity contribution is -0.147. The average Bonchev–Trinajstić information content (AvgIpc) is 1.67. The number of carboxylic acid groups (broad SMARTS) is 3. The zero-order chi connectivity index (χ0) is 96.2. The summed E-state index contributed by atoms with van der Waals surface area (Å²) in [6.45, 7) is -1.50. The van der Waals surface area contributed by atoms with Crippen LogP contribution in [-0.4, -0.2) is 331 Å². The summed E-state index contributed by atoms with van der Waals surface area (Å²) in [5.41, 5.74) is 15.7. The number of rotatable bonds is 48. The number of H-pyrrole nitrogens is 3. The number of pyridine rings is 1. The Balaban J connectivity index is 0.872. The highest BCUT2D eigenvalue weighted by Crippen LogP contribution is 2.25. The summed E-state index contributed by atoms with van der Waals surface area (Å²) < 4.78 is 5.70. The number of para-hydroxylation sites is 2. The minimum Gasteiger partial charge on any atom is -0.480 e. The molecule has 0 unspecified atom stereocenters. The van der Waals surface area contributed by atoms with Crippen molar-refractivity contribution in [2.75, 3.05) is 118 Å². The molecule has 24 N–H and O–H groups in total. The Labute approximate surface area is 770 Å². The average molecular weight is 1850 g/mol. The third-order valence-electron chi connectivity index (χ3n) is 22.7. The second kappa shape index (κ2) is 51.3. The van der Waals surface area contributed by atoms with Crippen molar-refractivity contribution in [2.45, 2.75) is 126 Å². The molecule has 9 amide bonds. The van der Waals surface area contributed by atoms with Crippen LogP contribution < -0.4 is 70.0 Å². The Morgan fingerprint density at radius 3 is 1.45 bits per heavy atom. The number of carbonyl (C=O) groups excluding carboxylic acids is 11. The number of nitrogens with zero attached hydrogens (tertiary/aromatic N) is 7. The van der Waals surface area contributed by atoms with Gasteiger partial charge < -0.3 is 115 Å². The molecule has 44 heteroatoms. The van der Waals surface area contributed by atoms with Crippen molar-refractivity contribution in [2.24, 2.45) is 11.5 Å². The molecular weight excluding hydrogens is 1740 g/mol. The number of aliphatic hydroxyl groups excluding tert-OH is 1. The fourth-order valence-corrected chi connectivity index (χ4v) is 15.8. The molecule has 4 aromatic carbocycles. The van der Waals surface area contributed by atoms with Gasteiger partial charge in [-0.15, -0.1) is 0 Å². The molecule has 6 heterocycles. The van der Waals surface area contributed by atoms with Gasteiger partial charge in [-0.1, -0.05) is 97.1 Å². The maximum absolute atomic E-state index is 15.7. The number of guanidine groups is 2. The molecule has 2 fully saturated rings. The van der Waals surface area contributed by atoms with Gasteiger partial charge in [0.25, 0.3) is 0 Å². The van der Waals surface area contributed by atoms with E-state index in [9.17, 15) is 68.4 Å². The molecular formula is C90H117N25O19. The number of likely N-dealkylation sites (tertiary alicyclic amines) is 1. The number of imidazole rings is 1. The van der Waals surface area contributed by atoms with Crippen molar-refractivity contribution in [3.05, 3.63) is 191 Å². The Morgan fingerprint density at radius 1 is 0.493 bits per heavy atom. The lowest BCUT2D eigenvalue weighted by atomic mass is 9.98. The van der Waals surface area contributed by atoms with E-state index in [-0.39, 0.29) is 193 Å². The predicted octanol–water partition coefficient (Wildman–Crippen LogP) is -2.77. The zero-order valence-corrected chi connectivity index (χ0v) is 74.2. The van der Waals surface area contributed by atoms with Crippen LogP contribution in [0, 0.1) is 10.8 Å². The number of nitrogens with one attached hydrogen (secondary N) is 16. The molecule has 8 aromatic rings. The topological polar surface area (TPSA) is 651 Å². The molecule has 2 saturated heterocycles. The van der Waals surface area contributed by atoms with Gasteiger partial charge in [0.15, 0.2) is 17.7 Å². The van der Waals surface area contributed by atoms with E-state index in [1.807, 2.05) is 0 Å². The number of ether oxygens (including phenoxy) is 1. The molecule has 134 heavy (non-hydrogen) atoms. The number of likely N-dealkylation sites (N-methyl/N-ethyl adjacent to an activating group) is 1. The number of ketones is 1. The van der Waals surface area contributed by atoms with Crippen molar-refractivity contribution in [3.8, 4) is 0 Å². The number of hydrogen-bond donors (Lipinski definition) is 22. The zero-order valence-electron chi connectivity index (χ0n) is 74.2. The largest absolute Gasteiger partial charge is 0.480 e. The van der Waals surface area contributed by atoms with E-state index >= 15 is 19.2 Å². The van der Waals surface area contributed by atoms with Crippen molar-refractivity contribution in [1.82, 2.24) is 108 Å². The van der Waals surface area contributed by atoms with Crippen LogP contribution >= 0.6 is 0 Å². The third kappa shape index (κ3) is 31.9. The van der Waals surface area contributed by atoms with Crippen LogP contribution in [0.25, 0.3) is 21.8 Å². The van der Waals surface area contributed by atoms with E-state index in [1.54, 1.807) is 153 Å². The molecule has 0 saturated carbocycles. The summed E-state index contributed by atoms with van der Waals surface area (Å²) in [4.78, 5) is 222. The Hall–Kier alpha value is -14.6. The van der Waals surface area contributed by atoms with Gasteiger partial charge in [-0.05, 0) is 86.5 Å². The van der Waals surface area contributed by atoms with Crippen LogP contribution in [0.3, 0.4) is 0 Å². The summed E-state index contributed by atoms with van der Waals surface area (Å²) in [6.07, 6.45) is 5.50. The molecule has 8 atom stereocenters. The maximum atomic E-state index is 15.7. The standard InChI is InChI=1S/C90H117N25O19/c1-95-47-75(117)104-67(21-10-28-97-89(91)92)81(126)106-70(41-59-44-100-66-20-8-6-18-64(59)66)84(129)110-73(52-116)86(131)108-71(42-62-45-96-54-102-62)85(130)105-68(22-11-29-98-90(93)94)82(127)107-69(40-58-43-99-65-19-7-5-17-63(58)65)83(128)109-72(39-55-24-26-57(27-25-55)80(125)56-13-3-2-4-14-56)88(133)115-30-12-23-74(115)87(132)101-46-60-15-9-16-61(103-60)53-134-79(124)51-114-37-35-112(49-77(120)121)33-31-111(48-76(118)119)32-34-113(36-38-114)50-78(122)123/h2-9,13-20,24-27,43-45,54,67-74,95,99-100,116H,10-12,21-23,28-42,46-53H2,1H3,(H,96,102)(H,101,132)(H,104,117)(H,105,130)(H,106,126)(H,107,127)(H,108,131)(H,109,128)(H,110,129)(H,118,119)(H,120,121)(H,122,123)(H4,91,92,97)(H4,93,94,98)/t67-,68+,69-,70-,71-,72-,73-,74-/m0/s1. The highest BCUT2D eigenvalue weighted by atomic mass is 16.5. The van der Waals surface area contributed by atoms with Crippen LogP contribution in [0.15, 0.2) is 146 Å². The number of aliphatic carboxylic acids is 3. The first-order valence-electron chi connectivity index (χ1n) is 44.0. The molecule has 0 radical (unpaired) electrons. The van der Waals surface area contributed by atoms with Gasteiger partial charge in [-0.25, -0.2) is 4.98 Å². The molecule has 0 aliphatic carbocycles. The lowest BCUT2D eigenvalue weighted by Gasteiger charge is -2.32. The Kier molecular flexibility index (Phi) is 38.8. The Bertz CT molecular complexity index is 5360. The molecule has 0 bridgehead atoms. The van der Waals surface area contributed by atoms with Gasteiger partial charge in [-0.2, -0.15) is 0 Å². The van der Waals surface area contributed by atoms with Gasteiger partial charge in [-0.3, -0.25) is 103 Å². The molecule has 716 valence electrons. The molecule has 2 aliphatic rings.